The first-order valence-electron chi connectivity index (χ1n) is 12.8. The zero-order valence-electron chi connectivity index (χ0n) is 20.3. The van der Waals surface area contributed by atoms with Crippen LogP contribution in [0.25, 0.3) is 0 Å². The first-order valence-corrected chi connectivity index (χ1v) is 12.8. The average Bonchev–Trinajstić information content (AvgIpc) is 3.69. The van der Waals surface area contributed by atoms with Crippen molar-refractivity contribution in [1.82, 2.24) is 0 Å². The average molecular weight is 491 g/mol. The Morgan fingerprint density at radius 3 is 2.22 bits per heavy atom. The number of hydrogen-bond donors (Lipinski definition) is 1. The van der Waals surface area contributed by atoms with Crippen molar-refractivity contribution in [3.05, 3.63) is 96.1 Å². The summed E-state index contributed by atoms with van der Waals surface area (Å²) in [4.78, 5) is 41.2. The van der Waals surface area contributed by atoms with E-state index in [1.165, 1.54) is 4.90 Å². The van der Waals surface area contributed by atoms with E-state index in [1.807, 2.05) is 31.2 Å². The molecule has 0 spiro atoms. The highest BCUT2D eigenvalue weighted by Gasteiger charge is 2.67. The molecule has 1 N–H and O–H groups in total. The fraction of sp³-hybridized carbons (Fsp3) is 0.258. The van der Waals surface area contributed by atoms with Gasteiger partial charge in [0, 0.05) is 11.3 Å². The van der Waals surface area contributed by atoms with Crippen LogP contribution in [0.2, 0.25) is 0 Å². The lowest BCUT2D eigenvalue weighted by Gasteiger charge is -2.37. The van der Waals surface area contributed by atoms with E-state index < -0.39 is 0 Å². The van der Waals surface area contributed by atoms with E-state index in [0.29, 0.717) is 34.5 Å². The van der Waals surface area contributed by atoms with Gasteiger partial charge in [0.05, 0.1) is 17.5 Å². The second kappa shape index (κ2) is 8.17. The molecule has 6 nitrogen and oxygen atoms in total. The smallest absolute Gasteiger partial charge is 0.255 e. The van der Waals surface area contributed by atoms with Crippen LogP contribution < -0.4 is 15.0 Å². The maximum Gasteiger partial charge on any atom is 0.255 e. The molecule has 3 aromatic carbocycles. The van der Waals surface area contributed by atoms with Gasteiger partial charge in [0.1, 0.15) is 11.5 Å². The van der Waals surface area contributed by atoms with Crippen molar-refractivity contribution in [1.29, 1.82) is 0 Å². The molecule has 6 heteroatoms. The lowest BCUT2D eigenvalue weighted by Crippen LogP contribution is -2.40. The SMILES string of the molecule is Cc1ccccc1Oc1ccc(NC(=O)c2cccc(N3C(=O)[C@H]4[C@@H]5C=C[C@H]([C@H]6C[C@H]56)[C@@H]4C3=O)c2)cc1. The van der Waals surface area contributed by atoms with E-state index in [1.54, 1.807) is 48.5 Å². The summed E-state index contributed by atoms with van der Waals surface area (Å²) in [5.41, 5.74) is 2.51. The second-order valence-electron chi connectivity index (χ2n) is 10.6. The zero-order chi connectivity index (χ0) is 25.3. The number of rotatable bonds is 5. The number of para-hydroxylation sites is 1. The van der Waals surface area contributed by atoms with Crippen molar-refractivity contribution >= 4 is 29.1 Å². The van der Waals surface area contributed by atoms with Crippen molar-refractivity contribution in [3.63, 3.8) is 0 Å². The Hall–Kier alpha value is -4.19. The number of allylic oxidation sites excluding steroid dienone is 2. The number of hydrogen-bond acceptors (Lipinski definition) is 4. The van der Waals surface area contributed by atoms with Crippen LogP contribution in [0.1, 0.15) is 22.3 Å². The van der Waals surface area contributed by atoms with E-state index in [0.717, 1.165) is 17.7 Å². The van der Waals surface area contributed by atoms with Gasteiger partial charge in [-0.15, -0.1) is 0 Å². The normalized spacial score (nSPS) is 28.6. The third-order valence-corrected chi connectivity index (χ3v) is 8.46. The predicted molar refractivity (Wildman–Crippen MR) is 139 cm³/mol. The van der Waals surface area contributed by atoms with Gasteiger partial charge in [-0.2, -0.15) is 0 Å². The summed E-state index contributed by atoms with van der Waals surface area (Å²) in [5, 5.41) is 2.89. The maximum atomic E-state index is 13.4. The monoisotopic (exact) mass is 490 g/mol. The number of nitrogens with one attached hydrogen (secondary N) is 1. The van der Waals surface area contributed by atoms with Crippen molar-refractivity contribution in [3.8, 4) is 11.5 Å². The number of nitrogens with zero attached hydrogens (tertiary/aromatic N) is 1. The van der Waals surface area contributed by atoms with Crippen LogP contribution in [0.5, 0.6) is 11.5 Å². The Kier molecular flexibility index (Phi) is 4.86. The van der Waals surface area contributed by atoms with Gasteiger partial charge in [0.15, 0.2) is 0 Å². The Labute approximate surface area is 214 Å². The fourth-order valence-corrected chi connectivity index (χ4v) is 6.61. The molecule has 5 aliphatic rings. The summed E-state index contributed by atoms with van der Waals surface area (Å²) >= 11 is 0. The summed E-state index contributed by atoms with van der Waals surface area (Å²) in [6.45, 7) is 1.98. The molecule has 1 saturated heterocycles. The predicted octanol–water partition coefficient (Wildman–Crippen LogP) is 5.60. The minimum Gasteiger partial charge on any atom is -0.457 e. The number of carbonyl (C=O) groups is 3. The first-order chi connectivity index (χ1) is 18.0. The molecule has 37 heavy (non-hydrogen) atoms. The van der Waals surface area contributed by atoms with Gasteiger partial charge in [0.25, 0.3) is 5.91 Å². The molecule has 8 rings (SSSR count). The van der Waals surface area contributed by atoms with Gasteiger partial charge < -0.3 is 10.1 Å². The second-order valence-corrected chi connectivity index (χ2v) is 10.6. The minimum atomic E-state index is -0.311. The van der Waals surface area contributed by atoms with E-state index in [-0.39, 0.29) is 41.4 Å². The zero-order valence-corrected chi connectivity index (χ0v) is 20.3. The van der Waals surface area contributed by atoms with Crippen LogP contribution in [-0.2, 0) is 9.59 Å². The molecule has 184 valence electrons. The van der Waals surface area contributed by atoms with E-state index in [2.05, 4.69) is 17.5 Å². The van der Waals surface area contributed by atoms with Gasteiger partial charge in [-0.05, 0) is 91.1 Å². The summed E-state index contributed by atoms with van der Waals surface area (Å²) in [6.07, 6.45) is 5.45. The maximum absolute atomic E-state index is 13.4. The standard InChI is InChI=1S/C31H26N2O4/c1-17-5-2-3-8-26(17)37-21-11-9-19(10-12-21)32-29(34)18-6-4-7-20(15-18)33-30(35)27-22-13-14-23(25-16-24(22)25)28(27)31(33)36/h2-15,22-25,27-28H,16H2,1H3,(H,32,34)/t22-,23-,24-,25-,27+,28+/m1/s1. The molecule has 1 aliphatic heterocycles. The van der Waals surface area contributed by atoms with Crippen LogP contribution >= 0.6 is 0 Å². The number of aryl methyl sites for hydroxylation is 1. The molecule has 3 aromatic rings. The topological polar surface area (TPSA) is 75.7 Å². The molecule has 1 heterocycles. The van der Waals surface area contributed by atoms with Gasteiger partial charge in [-0.25, -0.2) is 4.90 Å². The van der Waals surface area contributed by atoms with Crippen LogP contribution in [0, 0.1) is 42.4 Å². The molecule has 0 radical (unpaired) electrons. The molecule has 2 bridgehead atoms. The number of carbonyl (C=O) groups excluding carboxylic acids is 3. The lowest BCUT2D eigenvalue weighted by atomic mass is 9.63. The Morgan fingerprint density at radius 1 is 0.865 bits per heavy atom. The molecule has 2 saturated carbocycles. The fourth-order valence-electron chi connectivity index (χ4n) is 6.61. The molecule has 4 aliphatic carbocycles. The van der Waals surface area contributed by atoms with E-state index in [4.69, 9.17) is 4.74 Å². The van der Waals surface area contributed by atoms with E-state index >= 15 is 0 Å². The Bertz CT molecular complexity index is 1440. The number of benzene rings is 3. The molecular weight excluding hydrogens is 464 g/mol. The molecule has 3 amide bonds. The highest BCUT2D eigenvalue weighted by molar-refractivity contribution is 6.23. The third kappa shape index (κ3) is 3.50. The van der Waals surface area contributed by atoms with Crippen molar-refractivity contribution in [2.75, 3.05) is 10.2 Å². The number of amides is 3. The number of imide groups is 1. The molecular formula is C31H26N2O4. The van der Waals surface area contributed by atoms with Crippen molar-refractivity contribution in [2.45, 2.75) is 13.3 Å². The summed E-state index contributed by atoms with van der Waals surface area (Å²) < 4.78 is 5.93. The van der Waals surface area contributed by atoms with Gasteiger partial charge in [0.2, 0.25) is 11.8 Å². The molecule has 6 atom stereocenters. The Morgan fingerprint density at radius 2 is 1.54 bits per heavy atom. The first kappa shape index (κ1) is 22.0. The summed E-state index contributed by atoms with van der Waals surface area (Å²) in [7, 11) is 0. The number of ether oxygens (including phenoxy) is 1. The summed E-state index contributed by atoms with van der Waals surface area (Å²) in [6, 6.07) is 21.7. The number of anilines is 2. The van der Waals surface area contributed by atoms with Gasteiger partial charge >= 0.3 is 0 Å². The Balaban J connectivity index is 1.07. The highest BCUT2D eigenvalue weighted by Crippen LogP contribution is 2.65. The highest BCUT2D eigenvalue weighted by atomic mass is 16.5. The molecule has 0 unspecified atom stereocenters. The van der Waals surface area contributed by atoms with Crippen LogP contribution in [-0.4, -0.2) is 17.7 Å². The van der Waals surface area contributed by atoms with Gasteiger partial charge in [-0.1, -0.05) is 36.4 Å². The minimum absolute atomic E-state index is 0.124. The lowest BCUT2D eigenvalue weighted by molar-refractivity contribution is -0.124. The van der Waals surface area contributed by atoms with Crippen LogP contribution in [0.4, 0.5) is 11.4 Å². The quantitative estimate of drug-likeness (QED) is 0.373. The van der Waals surface area contributed by atoms with Crippen LogP contribution in [0.15, 0.2) is 84.9 Å². The van der Waals surface area contributed by atoms with Crippen molar-refractivity contribution < 1.29 is 19.1 Å². The van der Waals surface area contributed by atoms with Crippen molar-refractivity contribution in [2.24, 2.45) is 35.5 Å². The third-order valence-electron chi connectivity index (χ3n) is 8.46. The van der Waals surface area contributed by atoms with Gasteiger partial charge in [-0.3, -0.25) is 14.4 Å². The van der Waals surface area contributed by atoms with Crippen LogP contribution in [0.3, 0.4) is 0 Å². The summed E-state index contributed by atoms with van der Waals surface area (Å²) in [5.74, 6) is 1.82. The largest absolute Gasteiger partial charge is 0.457 e. The van der Waals surface area contributed by atoms with E-state index in [9.17, 15) is 14.4 Å². The molecule has 3 fully saturated rings. The molecule has 0 aromatic heterocycles.